The van der Waals surface area contributed by atoms with Crippen LogP contribution in [0.2, 0.25) is 5.02 Å². The number of unbranched alkanes of at least 4 members (excludes halogenated alkanes) is 2. The van der Waals surface area contributed by atoms with E-state index in [2.05, 4.69) is 15.3 Å². The van der Waals surface area contributed by atoms with Crippen LogP contribution < -0.4 is 5.32 Å². The van der Waals surface area contributed by atoms with Gasteiger partial charge in [-0.3, -0.25) is 4.98 Å². The summed E-state index contributed by atoms with van der Waals surface area (Å²) in [5, 5.41) is 5.29. The number of aromatic nitrogens is 3. The largest absolute Gasteiger partial charge is 0.384 e. The van der Waals surface area contributed by atoms with Crippen molar-refractivity contribution in [2.75, 3.05) is 11.9 Å². The second-order valence-corrected chi connectivity index (χ2v) is 8.41. The molecule has 0 saturated carbocycles. The van der Waals surface area contributed by atoms with Crippen molar-refractivity contribution >= 4 is 28.2 Å². The van der Waals surface area contributed by atoms with Gasteiger partial charge in [0.15, 0.2) is 0 Å². The van der Waals surface area contributed by atoms with E-state index in [1.807, 2.05) is 37.3 Å². The summed E-state index contributed by atoms with van der Waals surface area (Å²) in [4.78, 5) is 13.7. The van der Waals surface area contributed by atoms with Gasteiger partial charge in [-0.15, -0.1) is 0 Å². The Balaban J connectivity index is 1.25. The molecule has 0 aliphatic carbocycles. The number of anilines is 1. The molecule has 32 heavy (non-hydrogen) atoms. The standard InChI is InChI=1S/C26H26ClFN4/c1-18-15-22(16-19-6-9-21(28)10-7-19)32-26(31-18)5-3-2-4-13-29-24-12-14-30-25-17-20(27)8-11-23(24)25/h6-12,14-15,17H,2-5,13,16H2,1H3,(H,29,30). The number of benzene rings is 2. The van der Waals surface area contributed by atoms with Crippen LogP contribution in [0.4, 0.5) is 10.1 Å². The van der Waals surface area contributed by atoms with E-state index in [0.29, 0.717) is 11.4 Å². The Morgan fingerprint density at radius 3 is 2.62 bits per heavy atom. The first-order chi connectivity index (χ1) is 15.6. The SMILES string of the molecule is Cc1cc(Cc2ccc(F)cc2)nc(CCCCCNc2ccnc3cc(Cl)ccc23)n1. The number of rotatable bonds is 9. The van der Waals surface area contributed by atoms with Crippen LogP contribution in [-0.4, -0.2) is 21.5 Å². The van der Waals surface area contributed by atoms with Gasteiger partial charge in [0, 0.05) is 53.1 Å². The molecule has 4 rings (SSSR count). The smallest absolute Gasteiger partial charge is 0.128 e. The molecular formula is C26H26ClFN4. The van der Waals surface area contributed by atoms with E-state index in [1.165, 1.54) is 12.1 Å². The lowest BCUT2D eigenvalue weighted by Gasteiger charge is -2.10. The predicted molar refractivity (Wildman–Crippen MR) is 129 cm³/mol. The minimum Gasteiger partial charge on any atom is -0.384 e. The third-order valence-corrected chi connectivity index (χ3v) is 5.58. The summed E-state index contributed by atoms with van der Waals surface area (Å²) in [6.45, 7) is 2.89. The van der Waals surface area contributed by atoms with Gasteiger partial charge in [-0.2, -0.15) is 0 Å². The zero-order valence-corrected chi connectivity index (χ0v) is 18.9. The van der Waals surface area contributed by atoms with Gasteiger partial charge in [-0.1, -0.05) is 30.2 Å². The molecule has 0 unspecified atom stereocenters. The van der Waals surface area contributed by atoms with Crippen molar-refractivity contribution in [3.05, 3.63) is 94.4 Å². The minimum absolute atomic E-state index is 0.218. The number of fused-ring (bicyclic) bond motifs is 1. The maximum atomic E-state index is 13.1. The topological polar surface area (TPSA) is 50.7 Å². The first-order valence-corrected chi connectivity index (χ1v) is 11.3. The molecule has 4 nitrogen and oxygen atoms in total. The van der Waals surface area contributed by atoms with Crippen LogP contribution in [0.25, 0.3) is 10.9 Å². The van der Waals surface area contributed by atoms with E-state index in [0.717, 1.165) is 71.6 Å². The van der Waals surface area contributed by atoms with Crippen LogP contribution in [0, 0.1) is 12.7 Å². The zero-order chi connectivity index (χ0) is 22.3. The molecule has 0 aliphatic heterocycles. The number of hydrogen-bond acceptors (Lipinski definition) is 4. The monoisotopic (exact) mass is 448 g/mol. The van der Waals surface area contributed by atoms with E-state index < -0.39 is 0 Å². The van der Waals surface area contributed by atoms with E-state index in [-0.39, 0.29) is 5.82 Å². The van der Waals surface area contributed by atoms with Crippen molar-refractivity contribution in [1.29, 1.82) is 0 Å². The molecule has 0 radical (unpaired) electrons. The first-order valence-electron chi connectivity index (χ1n) is 10.9. The molecule has 4 aromatic rings. The lowest BCUT2D eigenvalue weighted by atomic mass is 10.1. The highest BCUT2D eigenvalue weighted by Crippen LogP contribution is 2.24. The van der Waals surface area contributed by atoms with Crippen molar-refractivity contribution in [3.63, 3.8) is 0 Å². The fourth-order valence-electron chi connectivity index (χ4n) is 3.80. The fourth-order valence-corrected chi connectivity index (χ4v) is 3.96. The Morgan fingerprint density at radius 1 is 0.938 bits per heavy atom. The molecule has 0 saturated heterocycles. The molecule has 1 N–H and O–H groups in total. The van der Waals surface area contributed by atoms with E-state index >= 15 is 0 Å². The Hall–Kier alpha value is -3.05. The van der Waals surface area contributed by atoms with Crippen LogP contribution in [0.1, 0.15) is 42.0 Å². The van der Waals surface area contributed by atoms with Crippen LogP contribution >= 0.6 is 11.6 Å². The molecule has 2 aromatic heterocycles. The first kappa shape index (κ1) is 22.2. The molecule has 0 spiro atoms. The summed E-state index contributed by atoms with van der Waals surface area (Å²) in [6.07, 6.45) is 6.53. The van der Waals surface area contributed by atoms with Crippen LogP contribution in [0.3, 0.4) is 0 Å². The minimum atomic E-state index is -0.218. The fraction of sp³-hybridized carbons (Fsp3) is 0.269. The van der Waals surface area contributed by atoms with Gasteiger partial charge in [0.2, 0.25) is 0 Å². The summed E-state index contributed by atoms with van der Waals surface area (Å²) in [7, 11) is 0. The van der Waals surface area contributed by atoms with E-state index in [4.69, 9.17) is 16.6 Å². The van der Waals surface area contributed by atoms with Gasteiger partial charge in [0.05, 0.1) is 5.52 Å². The predicted octanol–water partition coefficient (Wildman–Crippen LogP) is 6.54. The summed E-state index contributed by atoms with van der Waals surface area (Å²) < 4.78 is 13.1. The summed E-state index contributed by atoms with van der Waals surface area (Å²) in [5.41, 5.74) is 4.98. The molecule has 0 fully saturated rings. The Morgan fingerprint density at radius 2 is 1.78 bits per heavy atom. The van der Waals surface area contributed by atoms with E-state index in [9.17, 15) is 4.39 Å². The van der Waals surface area contributed by atoms with Crippen molar-refractivity contribution < 1.29 is 4.39 Å². The number of halogens is 2. The third kappa shape index (κ3) is 6.01. The van der Waals surface area contributed by atoms with Crippen LogP contribution in [0.5, 0.6) is 0 Å². The Kier molecular flexibility index (Phi) is 7.28. The molecule has 6 heteroatoms. The van der Waals surface area contributed by atoms with Crippen molar-refractivity contribution in [3.8, 4) is 0 Å². The lowest BCUT2D eigenvalue weighted by Crippen LogP contribution is -2.04. The molecule has 2 aromatic carbocycles. The summed E-state index contributed by atoms with van der Waals surface area (Å²) >= 11 is 6.06. The number of pyridine rings is 1. The van der Waals surface area contributed by atoms with E-state index in [1.54, 1.807) is 18.3 Å². The normalized spacial score (nSPS) is 11.1. The maximum absolute atomic E-state index is 13.1. The van der Waals surface area contributed by atoms with Gasteiger partial charge in [0.25, 0.3) is 0 Å². The Labute approximate surface area is 192 Å². The average Bonchev–Trinajstić information content (AvgIpc) is 2.77. The molecule has 0 bridgehead atoms. The molecule has 2 heterocycles. The summed E-state index contributed by atoms with van der Waals surface area (Å²) in [6, 6.07) is 16.4. The molecular weight excluding hydrogens is 423 g/mol. The van der Waals surface area contributed by atoms with Gasteiger partial charge in [0.1, 0.15) is 11.6 Å². The second-order valence-electron chi connectivity index (χ2n) is 7.98. The van der Waals surface area contributed by atoms with Gasteiger partial charge in [-0.05, 0) is 67.8 Å². The number of hydrogen-bond donors (Lipinski definition) is 1. The second kappa shape index (κ2) is 10.5. The molecule has 0 amide bonds. The Bertz CT molecular complexity index is 1190. The van der Waals surface area contributed by atoms with Gasteiger partial charge in [-0.25, -0.2) is 14.4 Å². The number of aryl methyl sites for hydroxylation is 2. The highest BCUT2D eigenvalue weighted by molar-refractivity contribution is 6.31. The van der Waals surface area contributed by atoms with Crippen molar-refractivity contribution in [2.45, 2.75) is 39.0 Å². The average molecular weight is 449 g/mol. The van der Waals surface area contributed by atoms with Gasteiger partial charge >= 0.3 is 0 Å². The highest BCUT2D eigenvalue weighted by Gasteiger charge is 2.05. The molecule has 0 atom stereocenters. The van der Waals surface area contributed by atoms with Gasteiger partial charge < -0.3 is 5.32 Å². The maximum Gasteiger partial charge on any atom is 0.128 e. The number of nitrogens with zero attached hydrogens (tertiary/aromatic N) is 3. The van der Waals surface area contributed by atoms with Crippen molar-refractivity contribution in [1.82, 2.24) is 15.0 Å². The highest BCUT2D eigenvalue weighted by atomic mass is 35.5. The number of nitrogens with one attached hydrogen (secondary N) is 1. The molecule has 0 aliphatic rings. The van der Waals surface area contributed by atoms with Crippen LogP contribution in [0.15, 0.2) is 60.8 Å². The third-order valence-electron chi connectivity index (χ3n) is 5.35. The quantitative estimate of drug-likeness (QED) is 0.295. The zero-order valence-electron chi connectivity index (χ0n) is 18.1. The molecule has 164 valence electrons. The summed E-state index contributed by atoms with van der Waals surface area (Å²) in [5.74, 6) is 0.663. The van der Waals surface area contributed by atoms with Crippen molar-refractivity contribution in [2.24, 2.45) is 0 Å². The lowest BCUT2D eigenvalue weighted by molar-refractivity contribution is 0.627. The van der Waals surface area contributed by atoms with Crippen LogP contribution in [-0.2, 0) is 12.8 Å².